The van der Waals surface area contributed by atoms with Crippen LogP contribution in [0.1, 0.15) is 13.3 Å². The average Bonchev–Trinajstić information content (AvgIpc) is 1.96. The van der Waals surface area contributed by atoms with Gasteiger partial charge in [0.1, 0.15) is 0 Å². The Morgan fingerprint density at radius 3 is 2.57 bits per heavy atom. The van der Waals surface area contributed by atoms with E-state index in [2.05, 4.69) is 4.72 Å². The van der Waals surface area contributed by atoms with E-state index in [1.165, 1.54) is 0 Å². The summed E-state index contributed by atoms with van der Waals surface area (Å²) in [4.78, 5) is 10.2. The minimum atomic E-state index is -3.67. The zero-order valence-corrected chi connectivity index (χ0v) is 9.82. The fourth-order valence-corrected chi connectivity index (χ4v) is 2.59. The normalized spacial score (nSPS) is 13.9. The van der Waals surface area contributed by atoms with Gasteiger partial charge < -0.3 is 5.11 Å². The molecule has 0 fully saturated rings. The lowest BCUT2D eigenvalue weighted by Crippen LogP contribution is -2.36. The molecule has 0 aliphatic carbocycles. The van der Waals surface area contributed by atoms with Crippen LogP contribution in [0, 0.1) is 0 Å². The number of hydrogen-bond donors (Lipinski definition) is 2. The minimum absolute atomic E-state index is 0.216. The fraction of sp³-hybridized carbons (Fsp3) is 0.857. The number of sulfonamides is 1. The first-order valence-electron chi connectivity index (χ1n) is 4.08. The quantitative estimate of drug-likeness (QED) is 0.662. The van der Waals surface area contributed by atoms with Crippen LogP contribution >= 0.6 is 11.8 Å². The Hall–Kier alpha value is -0.270. The molecule has 0 saturated heterocycles. The first kappa shape index (κ1) is 13.7. The van der Waals surface area contributed by atoms with E-state index in [1.54, 1.807) is 18.7 Å². The summed E-state index contributed by atoms with van der Waals surface area (Å²) in [6.07, 6.45) is 2.62. The number of thioether (sulfide) groups is 1. The Labute approximate surface area is 88.3 Å². The lowest BCUT2D eigenvalue weighted by Gasteiger charge is -2.11. The predicted octanol–water partition coefficient (Wildman–Crippen LogP) is 0.132. The van der Waals surface area contributed by atoms with Crippen molar-refractivity contribution in [3.8, 4) is 0 Å². The summed E-state index contributed by atoms with van der Waals surface area (Å²) < 4.78 is 24.5. The maximum atomic E-state index is 11.1. The average molecular weight is 241 g/mol. The largest absolute Gasteiger partial charge is 0.480 e. The second kappa shape index (κ2) is 6.26. The Morgan fingerprint density at radius 2 is 2.14 bits per heavy atom. The van der Waals surface area contributed by atoms with Crippen molar-refractivity contribution in [2.45, 2.75) is 19.4 Å². The molecule has 0 aliphatic heterocycles. The van der Waals surface area contributed by atoms with E-state index < -0.39 is 21.7 Å². The summed E-state index contributed by atoms with van der Waals surface area (Å²) in [5.41, 5.74) is 0. The van der Waals surface area contributed by atoms with E-state index in [9.17, 15) is 13.2 Å². The maximum Gasteiger partial charge on any atom is 0.320 e. The number of aliphatic carboxylic acids is 1. The highest BCUT2D eigenvalue weighted by Crippen LogP contribution is 2.01. The van der Waals surface area contributed by atoms with Gasteiger partial charge in [-0.3, -0.25) is 4.79 Å². The van der Waals surface area contributed by atoms with Crippen LogP contribution < -0.4 is 4.72 Å². The zero-order valence-electron chi connectivity index (χ0n) is 8.19. The van der Waals surface area contributed by atoms with Crippen molar-refractivity contribution >= 4 is 27.8 Å². The molecule has 2 N–H and O–H groups in total. The molecule has 0 aromatic carbocycles. The molecule has 0 aromatic heterocycles. The Bertz CT molecular complexity index is 275. The van der Waals surface area contributed by atoms with Crippen LogP contribution in [0.15, 0.2) is 0 Å². The summed E-state index contributed by atoms with van der Waals surface area (Å²) in [6.45, 7) is 1.72. The van der Waals surface area contributed by atoms with Crippen molar-refractivity contribution in [2.75, 3.05) is 17.8 Å². The molecule has 84 valence electrons. The highest BCUT2D eigenvalue weighted by atomic mass is 32.2. The molecule has 0 saturated carbocycles. The van der Waals surface area contributed by atoms with Crippen molar-refractivity contribution in [2.24, 2.45) is 0 Å². The topological polar surface area (TPSA) is 83.5 Å². The number of carbonyl (C=O) groups is 1. The highest BCUT2D eigenvalue weighted by Gasteiger charge is 2.17. The molecule has 0 rings (SSSR count). The second-order valence-corrected chi connectivity index (χ2v) is 5.69. The van der Waals surface area contributed by atoms with Gasteiger partial charge in [-0.25, -0.2) is 13.1 Å². The number of nitrogens with one attached hydrogen (secondary N) is 1. The molecule has 14 heavy (non-hydrogen) atoms. The Kier molecular flexibility index (Phi) is 6.14. The van der Waals surface area contributed by atoms with Crippen molar-refractivity contribution in [1.82, 2.24) is 4.72 Å². The first-order valence-corrected chi connectivity index (χ1v) is 7.12. The van der Waals surface area contributed by atoms with Gasteiger partial charge in [0, 0.05) is 6.04 Å². The molecular formula is C7H15NO4S2. The van der Waals surface area contributed by atoms with Gasteiger partial charge in [-0.05, 0) is 25.4 Å². The van der Waals surface area contributed by atoms with Gasteiger partial charge in [0.2, 0.25) is 10.0 Å². The monoisotopic (exact) mass is 241 g/mol. The molecule has 0 amide bonds. The Balaban J connectivity index is 4.02. The van der Waals surface area contributed by atoms with Gasteiger partial charge in [0.15, 0.2) is 5.75 Å². The van der Waals surface area contributed by atoms with E-state index in [0.29, 0.717) is 6.42 Å². The van der Waals surface area contributed by atoms with Crippen LogP contribution in [0.3, 0.4) is 0 Å². The molecule has 1 atom stereocenters. The zero-order chi connectivity index (χ0) is 11.2. The molecule has 5 nitrogen and oxygen atoms in total. The third kappa shape index (κ3) is 7.16. The second-order valence-electron chi connectivity index (χ2n) is 2.95. The van der Waals surface area contributed by atoms with E-state index in [4.69, 9.17) is 5.11 Å². The van der Waals surface area contributed by atoms with Crippen molar-refractivity contribution in [1.29, 1.82) is 0 Å². The highest BCUT2D eigenvalue weighted by molar-refractivity contribution is 7.98. The number of carboxylic acids is 1. The molecule has 0 heterocycles. The minimum Gasteiger partial charge on any atom is -0.480 e. The van der Waals surface area contributed by atoms with Gasteiger partial charge in [-0.1, -0.05) is 0 Å². The van der Waals surface area contributed by atoms with Crippen molar-refractivity contribution < 1.29 is 18.3 Å². The van der Waals surface area contributed by atoms with E-state index >= 15 is 0 Å². The van der Waals surface area contributed by atoms with Crippen LogP contribution in [0.4, 0.5) is 0 Å². The predicted molar refractivity (Wildman–Crippen MR) is 57.0 cm³/mol. The van der Waals surface area contributed by atoms with E-state index in [0.717, 1.165) is 5.75 Å². The number of hydrogen-bond acceptors (Lipinski definition) is 4. The SMILES string of the molecule is CSCCC(C)NS(=O)(=O)CC(=O)O. The van der Waals surface area contributed by atoms with Crippen molar-refractivity contribution in [3.05, 3.63) is 0 Å². The van der Waals surface area contributed by atoms with E-state index in [1.807, 2.05) is 6.26 Å². The maximum absolute atomic E-state index is 11.1. The molecule has 7 heteroatoms. The van der Waals surface area contributed by atoms with Crippen LogP contribution in [-0.2, 0) is 14.8 Å². The molecule has 1 unspecified atom stereocenters. The van der Waals surface area contributed by atoms with Gasteiger partial charge >= 0.3 is 5.97 Å². The molecule has 0 spiro atoms. The van der Waals surface area contributed by atoms with Gasteiger partial charge in [-0.2, -0.15) is 11.8 Å². The summed E-state index contributed by atoms with van der Waals surface area (Å²) in [5.74, 6) is -1.36. The van der Waals surface area contributed by atoms with Gasteiger partial charge in [0.05, 0.1) is 0 Å². The summed E-state index contributed by atoms with van der Waals surface area (Å²) in [5, 5.41) is 8.31. The Morgan fingerprint density at radius 1 is 1.57 bits per heavy atom. The van der Waals surface area contributed by atoms with Crippen molar-refractivity contribution in [3.63, 3.8) is 0 Å². The standard InChI is InChI=1S/C7H15NO4S2/c1-6(3-4-13-2)8-14(11,12)5-7(9)10/h6,8H,3-5H2,1-2H3,(H,9,10). The molecule has 0 bridgehead atoms. The third-order valence-electron chi connectivity index (χ3n) is 1.45. The smallest absolute Gasteiger partial charge is 0.320 e. The molecule has 0 radical (unpaired) electrons. The van der Waals surface area contributed by atoms with Gasteiger partial charge in [0.25, 0.3) is 0 Å². The third-order valence-corrected chi connectivity index (χ3v) is 3.48. The lowest BCUT2D eigenvalue weighted by atomic mass is 10.3. The summed E-state index contributed by atoms with van der Waals surface area (Å²) in [7, 11) is -3.67. The first-order chi connectivity index (χ1) is 6.37. The number of rotatable bonds is 7. The summed E-state index contributed by atoms with van der Waals surface area (Å²) >= 11 is 1.62. The van der Waals surface area contributed by atoms with E-state index in [-0.39, 0.29) is 6.04 Å². The number of carboxylic acid groups (broad SMARTS) is 1. The van der Waals surface area contributed by atoms with Crippen LogP contribution in [0.5, 0.6) is 0 Å². The van der Waals surface area contributed by atoms with Gasteiger partial charge in [-0.15, -0.1) is 0 Å². The van der Waals surface area contributed by atoms with Crippen LogP contribution in [0.2, 0.25) is 0 Å². The fourth-order valence-electron chi connectivity index (χ4n) is 0.864. The van der Waals surface area contributed by atoms with Crippen LogP contribution in [0.25, 0.3) is 0 Å². The molecule has 0 aromatic rings. The molecule has 0 aliphatic rings. The van der Waals surface area contributed by atoms with Crippen LogP contribution in [-0.4, -0.2) is 43.3 Å². The lowest BCUT2D eigenvalue weighted by molar-refractivity contribution is -0.134. The summed E-state index contributed by atoms with van der Waals surface area (Å²) in [6, 6.07) is -0.216. The molecular weight excluding hydrogens is 226 g/mol.